The minimum atomic E-state index is 1.07. The first-order valence-corrected chi connectivity index (χ1v) is 10.9. The van der Waals surface area contributed by atoms with Crippen LogP contribution in [0.5, 0.6) is 0 Å². The molecule has 0 saturated carbocycles. The summed E-state index contributed by atoms with van der Waals surface area (Å²) in [5, 5.41) is 5.71. The molecule has 0 spiro atoms. The van der Waals surface area contributed by atoms with E-state index < -0.39 is 0 Å². The van der Waals surface area contributed by atoms with Crippen molar-refractivity contribution < 1.29 is 0 Å². The fourth-order valence-corrected chi connectivity index (χ4v) is 6.37. The van der Waals surface area contributed by atoms with E-state index in [-0.39, 0.29) is 0 Å². The Kier molecular flexibility index (Phi) is 2.87. The monoisotopic (exact) mass is 378 g/mol. The van der Waals surface area contributed by atoms with E-state index in [9.17, 15) is 0 Å². The molecule has 0 radical (unpaired) electrons. The molecule has 0 fully saturated rings. The number of nitrogens with zero attached hydrogens (tertiary/aromatic N) is 2. The lowest BCUT2D eigenvalue weighted by Gasteiger charge is -2.17. The SMILES string of the molecule is c1ccc(-c2cc3c4c5c(cc6c7ccccc7n(c3s2)c64)CCCC5)nc1. The van der Waals surface area contributed by atoms with E-state index in [4.69, 9.17) is 0 Å². The summed E-state index contributed by atoms with van der Waals surface area (Å²) in [5.74, 6) is 0. The van der Waals surface area contributed by atoms with Gasteiger partial charge in [0.15, 0.2) is 0 Å². The quantitative estimate of drug-likeness (QED) is 0.306. The highest BCUT2D eigenvalue weighted by Gasteiger charge is 2.25. The van der Waals surface area contributed by atoms with Crippen LogP contribution in [0, 0.1) is 0 Å². The smallest absolute Gasteiger partial charge is 0.109 e. The topological polar surface area (TPSA) is 17.3 Å². The van der Waals surface area contributed by atoms with Gasteiger partial charge in [-0.3, -0.25) is 9.38 Å². The minimum Gasteiger partial charge on any atom is -0.299 e. The molecule has 0 aliphatic heterocycles. The zero-order valence-corrected chi connectivity index (χ0v) is 16.2. The molecule has 2 nitrogen and oxygen atoms in total. The fraction of sp³-hybridized carbons (Fsp3) is 0.160. The Morgan fingerprint density at radius 1 is 0.857 bits per heavy atom. The Hall–Kier alpha value is -2.91. The van der Waals surface area contributed by atoms with Gasteiger partial charge in [-0.1, -0.05) is 24.3 Å². The molecule has 134 valence electrons. The molecule has 0 unspecified atom stereocenters. The molecule has 1 aliphatic carbocycles. The molecular formula is C25H18N2S. The molecule has 0 N–H and O–H groups in total. The van der Waals surface area contributed by atoms with Crippen molar-refractivity contribution in [2.75, 3.05) is 0 Å². The highest BCUT2D eigenvalue weighted by Crippen LogP contribution is 2.47. The van der Waals surface area contributed by atoms with E-state index in [0.717, 1.165) is 5.69 Å². The predicted molar refractivity (Wildman–Crippen MR) is 119 cm³/mol. The highest BCUT2D eigenvalue weighted by atomic mass is 32.1. The van der Waals surface area contributed by atoms with Crippen molar-refractivity contribution in [1.29, 1.82) is 0 Å². The largest absolute Gasteiger partial charge is 0.299 e. The number of rotatable bonds is 1. The Bertz CT molecular complexity index is 1500. The lowest BCUT2D eigenvalue weighted by Crippen LogP contribution is -2.02. The van der Waals surface area contributed by atoms with E-state index in [1.807, 2.05) is 23.6 Å². The van der Waals surface area contributed by atoms with Crippen molar-refractivity contribution in [3.05, 3.63) is 71.9 Å². The van der Waals surface area contributed by atoms with Gasteiger partial charge in [0.1, 0.15) is 4.83 Å². The standard InChI is InChI=1S/C25H18N2S/c1-2-8-16-15(7-1)13-18-17-9-3-4-11-21(17)27-24(18)23(16)19-14-22(28-25(19)27)20-10-5-6-12-26-20/h3-6,9-14H,1-2,7-8H2. The first kappa shape index (κ1) is 15.1. The van der Waals surface area contributed by atoms with Crippen LogP contribution >= 0.6 is 11.3 Å². The second-order valence-corrected chi connectivity index (χ2v) is 8.92. The summed E-state index contributed by atoms with van der Waals surface area (Å²) in [5.41, 5.74) is 6.98. The summed E-state index contributed by atoms with van der Waals surface area (Å²) in [6.07, 6.45) is 6.92. The number of aromatic nitrogens is 2. The maximum absolute atomic E-state index is 4.61. The Balaban J connectivity index is 1.73. The fourth-order valence-electron chi connectivity index (χ4n) is 5.21. The average molecular weight is 379 g/mol. The van der Waals surface area contributed by atoms with Crippen molar-refractivity contribution in [3.8, 4) is 10.6 Å². The molecule has 0 amide bonds. The van der Waals surface area contributed by atoms with Gasteiger partial charge in [0.05, 0.1) is 21.6 Å². The van der Waals surface area contributed by atoms with Crippen LogP contribution in [0.25, 0.3) is 48.0 Å². The molecule has 28 heavy (non-hydrogen) atoms. The maximum Gasteiger partial charge on any atom is 0.109 e. The number of hydrogen-bond acceptors (Lipinski definition) is 2. The number of pyridine rings is 1. The van der Waals surface area contributed by atoms with Crippen LogP contribution in [0.1, 0.15) is 24.0 Å². The van der Waals surface area contributed by atoms with Crippen molar-refractivity contribution in [3.63, 3.8) is 0 Å². The van der Waals surface area contributed by atoms with Crippen molar-refractivity contribution in [1.82, 2.24) is 9.38 Å². The molecule has 7 rings (SSSR count). The maximum atomic E-state index is 4.61. The first-order valence-electron chi connectivity index (χ1n) is 10.0. The van der Waals surface area contributed by atoms with Crippen LogP contribution < -0.4 is 0 Å². The van der Waals surface area contributed by atoms with Crippen LogP contribution in [0.15, 0.2) is 60.8 Å². The van der Waals surface area contributed by atoms with E-state index in [0.29, 0.717) is 0 Å². The summed E-state index contributed by atoms with van der Waals surface area (Å²) in [6.45, 7) is 0. The number of fused-ring (bicyclic) bond motifs is 8. The third kappa shape index (κ3) is 1.80. The molecule has 3 heteroatoms. The summed E-state index contributed by atoms with van der Waals surface area (Å²) in [4.78, 5) is 7.23. The Labute approximate surface area is 166 Å². The Morgan fingerprint density at radius 3 is 2.68 bits per heavy atom. The molecule has 4 heterocycles. The van der Waals surface area contributed by atoms with E-state index in [2.05, 4.69) is 57.9 Å². The molecular weight excluding hydrogens is 360 g/mol. The normalized spacial score (nSPS) is 14.6. The lowest BCUT2D eigenvalue weighted by atomic mass is 9.87. The van der Waals surface area contributed by atoms with Crippen LogP contribution in [0.4, 0.5) is 0 Å². The predicted octanol–water partition coefficient (Wildman–Crippen LogP) is 6.84. The molecule has 0 saturated heterocycles. The van der Waals surface area contributed by atoms with Gasteiger partial charge < -0.3 is 0 Å². The summed E-state index contributed by atoms with van der Waals surface area (Å²) >= 11 is 1.88. The van der Waals surface area contributed by atoms with Gasteiger partial charge >= 0.3 is 0 Å². The van der Waals surface area contributed by atoms with Crippen molar-refractivity contribution >= 4 is 48.7 Å². The van der Waals surface area contributed by atoms with Crippen LogP contribution in [0.3, 0.4) is 0 Å². The number of aryl methyl sites for hydroxylation is 2. The van der Waals surface area contributed by atoms with Gasteiger partial charge in [-0.25, -0.2) is 0 Å². The number of thiophene rings is 1. The zero-order valence-electron chi connectivity index (χ0n) is 15.4. The van der Waals surface area contributed by atoms with E-state index >= 15 is 0 Å². The third-order valence-corrected chi connectivity index (χ3v) is 7.53. The molecule has 1 aliphatic rings. The van der Waals surface area contributed by atoms with Gasteiger partial charge in [-0.2, -0.15) is 0 Å². The van der Waals surface area contributed by atoms with Crippen LogP contribution in [-0.2, 0) is 12.8 Å². The van der Waals surface area contributed by atoms with Gasteiger partial charge in [-0.05, 0) is 67.1 Å². The van der Waals surface area contributed by atoms with Gasteiger partial charge in [0.2, 0.25) is 0 Å². The molecule has 0 bridgehead atoms. The van der Waals surface area contributed by atoms with Crippen molar-refractivity contribution in [2.24, 2.45) is 0 Å². The van der Waals surface area contributed by atoms with Crippen LogP contribution in [-0.4, -0.2) is 9.38 Å². The van der Waals surface area contributed by atoms with Crippen molar-refractivity contribution in [2.45, 2.75) is 25.7 Å². The Morgan fingerprint density at radius 2 is 1.75 bits per heavy atom. The number of hydrogen-bond donors (Lipinski definition) is 0. The summed E-state index contributed by atoms with van der Waals surface area (Å²) in [7, 11) is 0. The molecule has 2 aromatic carbocycles. The van der Waals surface area contributed by atoms with E-state index in [1.54, 1.807) is 11.1 Å². The molecule has 6 aromatic rings. The summed E-state index contributed by atoms with van der Waals surface area (Å²) in [6, 6.07) is 19.9. The van der Waals surface area contributed by atoms with Gasteiger partial charge in [0.25, 0.3) is 0 Å². The molecule has 4 aromatic heterocycles. The summed E-state index contributed by atoms with van der Waals surface area (Å²) < 4.78 is 2.52. The first-order chi connectivity index (χ1) is 13.9. The van der Waals surface area contributed by atoms with Crippen LogP contribution in [0.2, 0.25) is 0 Å². The average Bonchev–Trinajstić information content (AvgIpc) is 3.40. The van der Waals surface area contributed by atoms with E-state index in [1.165, 1.54) is 68.0 Å². The highest BCUT2D eigenvalue weighted by molar-refractivity contribution is 7.22. The third-order valence-electron chi connectivity index (χ3n) is 6.38. The second kappa shape index (κ2) is 5.33. The minimum absolute atomic E-state index is 1.07. The number of benzene rings is 2. The zero-order chi connectivity index (χ0) is 18.2. The lowest BCUT2D eigenvalue weighted by molar-refractivity contribution is 0.691. The van der Waals surface area contributed by atoms with Gasteiger partial charge in [0, 0.05) is 27.7 Å². The second-order valence-electron chi connectivity index (χ2n) is 7.89. The number of para-hydroxylation sites is 1. The molecule has 0 atom stereocenters. The van der Waals surface area contributed by atoms with Gasteiger partial charge in [-0.15, -0.1) is 11.3 Å².